The fourth-order valence-corrected chi connectivity index (χ4v) is 11.2. The van der Waals surface area contributed by atoms with Crippen LogP contribution in [0.15, 0.2) is 219 Å². The zero-order chi connectivity index (χ0) is 81.1. The Morgan fingerprint density at radius 1 is 0.466 bits per heavy atom. The van der Waals surface area contributed by atoms with Crippen LogP contribution in [0.3, 0.4) is 0 Å². The zero-order valence-corrected chi connectivity index (χ0v) is 55.1. The van der Waals surface area contributed by atoms with E-state index >= 15 is 0 Å². The van der Waals surface area contributed by atoms with E-state index < -0.39 is 77.5 Å². The van der Waals surface area contributed by atoms with E-state index in [1.165, 1.54) is 69.9 Å². The number of aryl methyl sites for hydroxylation is 4. The fourth-order valence-electron chi connectivity index (χ4n) is 10.8. The van der Waals surface area contributed by atoms with Gasteiger partial charge in [-0.3, -0.25) is 47.5 Å². The van der Waals surface area contributed by atoms with Gasteiger partial charge in [-0.1, -0.05) is 24.3 Å². The van der Waals surface area contributed by atoms with Gasteiger partial charge >= 0.3 is 15.6 Å². The highest BCUT2D eigenvalue weighted by atomic mass is 32.2. The minimum Gasteiger partial charge on any atom is -0.375 e. The van der Waals surface area contributed by atoms with Crippen molar-refractivity contribution < 1.29 is 70.1 Å². The lowest BCUT2D eigenvalue weighted by molar-refractivity contribution is -0.0500. The average molecular weight is 1430 g/mol. The van der Waals surface area contributed by atoms with E-state index in [1.54, 1.807) is 90.4 Å². The van der Waals surface area contributed by atoms with E-state index in [0.29, 0.717) is 67.8 Å². The molecule has 0 spiro atoms. The van der Waals surface area contributed by atoms with Crippen LogP contribution < -0.4 is 15.2 Å². The van der Waals surface area contributed by atoms with Crippen molar-refractivity contribution in [2.45, 2.75) is 33.2 Å². The Morgan fingerprint density at radius 2 is 0.816 bits per heavy atom. The van der Waals surface area contributed by atoms with Crippen LogP contribution in [-0.2, 0) is 10.1 Å². The summed E-state index contributed by atoms with van der Waals surface area (Å²) in [5, 5.41) is 1.96. The molecule has 0 bridgehead atoms. The molecule has 19 nitrogen and oxygen atoms in total. The van der Waals surface area contributed by atoms with Crippen molar-refractivity contribution in [2.75, 3.05) is 20.9 Å². The SMILES string of the molecule is Cc1cccc(-c2ccc(F)cc2-c2ccc3ncc(C(N)=O)n3c2)n1.Cc1cccc(-c2ccc(F)cc2OS(=O)(=O)C(F)(F)F)n1.[2H]C([2H])([2H])N(C(=O)c1cnc2ccc(-c3cc(F)ccc3-c3cccc(C)n3)cn12)C([2H])([2H])[2H].[2H]C([2H])([2H])NC(=O)c1cnc2ccc(-c3cc(F)ccc3-c3cccc(C)n3)cn12. The van der Waals surface area contributed by atoms with Crippen LogP contribution in [0.4, 0.5) is 30.7 Å². The first kappa shape index (κ1) is 60.2. The van der Waals surface area contributed by atoms with E-state index in [0.717, 1.165) is 57.8 Å². The maximum absolute atomic E-state index is 14.2. The largest absolute Gasteiger partial charge is 0.534 e. The van der Waals surface area contributed by atoms with Crippen molar-refractivity contribution >= 4 is 44.8 Å². The first-order valence-corrected chi connectivity index (χ1v) is 32.0. The number of hydrogen-bond donors (Lipinski definition) is 2. The summed E-state index contributed by atoms with van der Waals surface area (Å²) in [6.45, 7) is -1.76. The number of carbonyl (C=O) groups excluding carboxylic acids is 3. The molecule has 0 aliphatic rings. The summed E-state index contributed by atoms with van der Waals surface area (Å²) in [5.41, 5.74) is 12.2. The molecule has 27 heteroatoms. The molecule has 0 atom stereocenters. The zero-order valence-electron chi connectivity index (χ0n) is 63.3. The van der Waals surface area contributed by atoms with Crippen molar-refractivity contribution in [3.63, 3.8) is 0 Å². The molecule has 103 heavy (non-hydrogen) atoms. The van der Waals surface area contributed by atoms with E-state index in [2.05, 4.69) is 39.1 Å². The molecule has 0 aliphatic carbocycles. The lowest BCUT2D eigenvalue weighted by atomic mass is 9.98. The molecule has 14 aromatic rings. The van der Waals surface area contributed by atoms with Crippen LogP contribution in [0.5, 0.6) is 5.75 Å². The third-order valence-electron chi connectivity index (χ3n) is 15.5. The summed E-state index contributed by atoms with van der Waals surface area (Å²) in [6.07, 6.45) is 8.69. The van der Waals surface area contributed by atoms with Crippen LogP contribution >= 0.6 is 0 Å². The lowest BCUT2D eigenvalue weighted by Gasteiger charge is -2.13. The molecular formula is C76H60F7N13O6S. The van der Waals surface area contributed by atoms with Crippen molar-refractivity contribution in [3.8, 4) is 84.2 Å². The molecule has 10 aromatic heterocycles. The molecule has 0 radical (unpaired) electrons. The summed E-state index contributed by atoms with van der Waals surface area (Å²) in [5.74, 6) is -5.55. The predicted molar refractivity (Wildman–Crippen MR) is 376 cm³/mol. The Balaban J connectivity index is 0.000000149. The number of halogens is 7. The molecule has 3 N–H and O–H groups in total. The quantitative estimate of drug-likeness (QED) is 0.0658. The average Bonchev–Trinajstić information content (AvgIpc) is 1.55. The molecule has 0 fully saturated rings. The number of benzene rings is 4. The summed E-state index contributed by atoms with van der Waals surface area (Å²) < 4.78 is 190. The minimum absolute atomic E-state index is 0.0645. The minimum atomic E-state index is -5.90. The van der Waals surface area contributed by atoms with Crippen LogP contribution in [0.2, 0.25) is 0 Å². The predicted octanol–water partition coefficient (Wildman–Crippen LogP) is 15.1. The Kier molecular flexibility index (Phi) is 17.5. The summed E-state index contributed by atoms with van der Waals surface area (Å²) in [4.78, 5) is 66.9. The fraction of sp³-hybridized carbons (Fsp3) is 0.105. The number of carbonyl (C=O) groups is 3. The van der Waals surface area contributed by atoms with Gasteiger partial charge < -0.3 is 20.1 Å². The number of nitrogens with two attached hydrogens (primary N) is 1. The molecule has 10 heterocycles. The van der Waals surface area contributed by atoms with Gasteiger partial charge in [-0.05, 0) is 213 Å². The van der Waals surface area contributed by atoms with E-state index in [1.807, 2.05) is 80.7 Å². The number of imidazole rings is 3. The number of hydrogen-bond acceptors (Lipinski definition) is 13. The van der Waals surface area contributed by atoms with Gasteiger partial charge in [-0.25, -0.2) is 32.5 Å². The highest BCUT2D eigenvalue weighted by Gasteiger charge is 2.49. The van der Waals surface area contributed by atoms with E-state index in [9.17, 15) is 53.5 Å². The Hall–Kier alpha value is -12.8. The number of rotatable bonds is 12. The molecule has 0 aliphatic heterocycles. The third kappa shape index (κ3) is 16.1. The number of amides is 3. The van der Waals surface area contributed by atoms with Crippen LogP contribution in [0.25, 0.3) is 95.4 Å². The second-order valence-electron chi connectivity index (χ2n) is 22.7. The highest BCUT2D eigenvalue weighted by molar-refractivity contribution is 7.88. The maximum Gasteiger partial charge on any atom is 0.534 e. The standard InChI is InChI=1S/C22H19FN4O.C21H17FN4O.C20H15FN4O.C13H9F4NO3S/c1-14-5-4-6-19(25-14)17-9-8-16(23)11-18(17)15-7-10-21-24-12-20(27(21)13-15)22(28)26(2)3;1-13-4-3-5-18(25-13)16-8-7-15(22)10-17(16)14-6-9-20-24-11-19(21(27)23-2)26(20)12-14;1-12-3-2-4-17(24-12)15-7-6-14(21)9-16(15)13-5-8-19-23-10-18(20(22)26)25(19)11-13;1-8-3-2-4-11(18-8)10-6-5-9(14)7-12(10)21-22(19,20)13(15,16)17/h4-13H,1-3H3;3-12H,1-2H3,(H,23,27);2-11H,1H3,(H2,22,26);2-7H,1H3/i2D3,3D3;2D3;;. The second-order valence-corrected chi connectivity index (χ2v) is 24.2. The van der Waals surface area contributed by atoms with Gasteiger partial charge in [0.25, 0.3) is 17.7 Å². The topological polar surface area (TPSA) is 239 Å². The molecule has 0 saturated carbocycles. The van der Waals surface area contributed by atoms with Crippen molar-refractivity contribution in [1.82, 2.24) is 58.3 Å². The Bertz CT molecular complexity index is 6070. The number of fused-ring (bicyclic) bond motifs is 3. The molecule has 4 aromatic carbocycles. The van der Waals surface area contributed by atoms with Crippen molar-refractivity contribution in [3.05, 3.63) is 282 Å². The van der Waals surface area contributed by atoms with Gasteiger partial charge in [0.15, 0.2) is 5.75 Å². The van der Waals surface area contributed by atoms with Crippen molar-refractivity contribution in [1.29, 1.82) is 0 Å². The summed E-state index contributed by atoms with van der Waals surface area (Å²) in [7, 11) is -5.90. The highest BCUT2D eigenvalue weighted by Crippen LogP contribution is 2.38. The number of pyridine rings is 7. The van der Waals surface area contributed by atoms with Gasteiger partial charge in [0, 0.05) is 103 Å². The van der Waals surface area contributed by atoms with Gasteiger partial charge in [0.05, 0.1) is 41.4 Å². The summed E-state index contributed by atoms with van der Waals surface area (Å²) >= 11 is 0. The molecule has 0 unspecified atom stereocenters. The number of aromatic nitrogens is 10. The molecule has 0 saturated heterocycles. The van der Waals surface area contributed by atoms with Crippen LogP contribution in [0, 0.1) is 51.0 Å². The van der Waals surface area contributed by atoms with Gasteiger partial charge in [-0.2, -0.15) is 21.6 Å². The normalized spacial score (nSPS) is 12.9. The van der Waals surface area contributed by atoms with Gasteiger partial charge in [-0.15, -0.1) is 0 Å². The van der Waals surface area contributed by atoms with Crippen LogP contribution in [-0.4, -0.2) is 106 Å². The van der Waals surface area contributed by atoms with E-state index in [-0.39, 0.29) is 44.7 Å². The second kappa shape index (κ2) is 30.0. The smallest absolute Gasteiger partial charge is 0.375 e. The monoisotopic (exact) mass is 1420 g/mol. The van der Waals surface area contributed by atoms with Crippen LogP contribution in [0.1, 0.15) is 66.6 Å². The molecule has 520 valence electrons. The lowest BCUT2D eigenvalue weighted by Crippen LogP contribution is -2.28. The number of nitrogens with zero attached hydrogens (tertiary/aromatic N) is 11. The first-order valence-electron chi connectivity index (χ1n) is 35.0. The van der Waals surface area contributed by atoms with Crippen molar-refractivity contribution in [2.24, 2.45) is 5.73 Å². The molecular weight excluding hydrogens is 1360 g/mol. The number of nitrogens with one attached hydrogen (secondary N) is 1. The number of primary amides is 1. The van der Waals surface area contributed by atoms with E-state index in [4.69, 9.17) is 18.1 Å². The Labute approximate surface area is 597 Å². The number of alkyl halides is 3. The third-order valence-corrected chi connectivity index (χ3v) is 16.5. The van der Waals surface area contributed by atoms with Gasteiger partial charge in [0.1, 0.15) is 57.3 Å². The Morgan fingerprint density at radius 3 is 1.18 bits per heavy atom. The maximum atomic E-state index is 14.2. The first-order chi connectivity index (χ1) is 52.7. The molecule has 14 rings (SSSR count). The van der Waals surface area contributed by atoms with Gasteiger partial charge in [0.2, 0.25) is 0 Å². The molecule has 3 amide bonds. The summed E-state index contributed by atoms with van der Waals surface area (Å²) in [6, 6.07) is 47.6.